The zero-order valence-electron chi connectivity index (χ0n) is 11.9. The second-order valence-corrected chi connectivity index (χ2v) is 4.57. The minimum absolute atomic E-state index is 0.160. The van der Waals surface area contributed by atoms with Crippen LogP contribution in [0, 0.1) is 11.8 Å². The molecule has 0 heterocycles. The summed E-state index contributed by atoms with van der Waals surface area (Å²) in [6.07, 6.45) is 0.664. The fraction of sp³-hybridized carbons (Fsp3) is 0.222. The van der Waals surface area contributed by atoms with Gasteiger partial charge in [0, 0.05) is 17.7 Å². The van der Waals surface area contributed by atoms with Crippen molar-refractivity contribution in [1.29, 1.82) is 0 Å². The number of hydrogen-bond donors (Lipinski definition) is 2. The molecular formula is C18H19NO2. The second-order valence-electron chi connectivity index (χ2n) is 4.57. The molecule has 3 N–H and O–H groups in total. The van der Waals surface area contributed by atoms with E-state index in [0.29, 0.717) is 19.6 Å². The molecule has 0 saturated heterocycles. The lowest BCUT2D eigenvalue weighted by Crippen LogP contribution is -1.99. The molecule has 0 atom stereocenters. The number of hydrogen-bond acceptors (Lipinski definition) is 3. The van der Waals surface area contributed by atoms with E-state index in [1.165, 1.54) is 0 Å². The Morgan fingerprint density at radius 1 is 1.05 bits per heavy atom. The molecule has 0 amide bonds. The zero-order chi connectivity index (χ0) is 14.9. The van der Waals surface area contributed by atoms with Gasteiger partial charge in [-0.25, -0.2) is 0 Å². The Morgan fingerprint density at radius 3 is 2.52 bits per heavy atom. The summed E-state index contributed by atoms with van der Waals surface area (Å²) in [6, 6.07) is 15.6. The normalized spacial score (nSPS) is 9.81. The van der Waals surface area contributed by atoms with E-state index < -0.39 is 0 Å². The van der Waals surface area contributed by atoms with Crippen LogP contribution in [0.2, 0.25) is 0 Å². The molecule has 0 aliphatic carbocycles. The summed E-state index contributed by atoms with van der Waals surface area (Å²) >= 11 is 0. The van der Waals surface area contributed by atoms with Crippen LogP contribution in [0.1, 0.15) is 16.7 Å². The van der Waals surface area contributed by atoms with Gasteiger partial charge in [-0.2, -0.15) is 0 Å². The Hall–Kier alpha value is -2.28. The van der Waals surface area contributed by atoms with E-state index in [4.69, 9.17) is 15.6 Å². The van der Waals surface area contributed by atoms with Crippen molar-refractivity contribution in [2.75, 3.05) is 13.2 Å². The van der Waals surface area contributed by atoms with Crippen molar-refractivity contribution in [3.8, 4) is 17.6 Å². The number of nitrogens with two attached hydrogens (primary N) is 1. The topological polar surface area (TPSA) is 55.5 Å². The van der Waals surface area contributed by atoms with E-state index in [-0.39, 0.29) is 6.61 Å². The molecule has 3 heteroatoms. The third-order valence-electron chi connectivity index (χ3n) is 3.06. The van der Waals surface area contributed by atoms with Crippen molar-refractivity contribution in [2.24, 2.45) is 5.73 Å². The minimum Gasteiger partial charge on any atom is -0.489 e. The molecule has 108 valence electrons. The number of aliphatic hydroxyl groups excluding tert-OH is 1. The number of rotatable bonds is 5. The summed E-state index contributed by atoms with van der Waals surface area (Å²) < 4.78 is 5.78. The highest BCUT2D eigenvalue weighted by Crippen LogP contribution is 2.16. The molecule has 0 fully saturated rings. The van der Waals surface area contributed by atoms with Gasteiger partial charge in [0.15, 0.2) is 0 Å². The zero-order valence-corrected chi connectivity index (χ0v) is 11.9. The van der Waals surface area contributed by atoms with Gasteiger partial charge in [0.05, 0.1) is 6.54 Å². The lowest BCUT2D eigenvalue weighted by Gasteiger charge is -2.08. The molecular weight excluding hydrogens is 262 g/mol. The Bertz CT molecular complexity index is 624. The van der Waals surface area contributed by atoms with Crippen LogP contribution >= 0.6 is 0 Å². The van der Waals surface area contributed by atoms with Crippen LogP contribution in [0.4, 0.5) is 0 Å². The molecule has 3 nitrogen and oxygen atoms in total. The van der Waals surface area contributed by atoms with E-state index in [2.05, 4.69) is 11.8 Å². The average molecular weight is 281 g/mol. The van der Waals surface area contributed by atoms with Crippen molar-refractivity contribution >= 4 is 0 Å². The molecule has 2 aromatic rings. The van der Waals surface area contributed by atoms with Crippen molar-refractivity contribution in [3.05, 3.63) is 65.2 Å². The molecule has 0 spiro atoms. The van der Waals surface area contributed by atoms with Crippen molar-refractivity contribution in [1.82, 2.24) is 0 Å². The van der Waals surface area contributed by atoms with Gasteiger partial charge in [0.1, 0.15) is 12.4 Å². The lowest BCUT2D eigenvalue weighted by atomic mass is 10.1. The predicted octanol–water partition coefficient (Wildman–Crippen LogP) is 2.11. The molecule has 2 rings (SSSR count). The van der Waals surface area contributed by atoms with Gasteiger partial charge >= 0.3 is 0 Å². The van der Waals surface area contributed by atoms with E-state index in [1.807, 2.05) is 48.5 Å². The Labute approximate surface area is 125 Å². The van der Waals surface area contributed by atoms with Crippen molar-refractivity contribution in [2.45, 2.75) is 13.0 Å². The average Bonchev–Trinajstić information content (AvgIpc) is 2.53. The number of ether oxygens (including phenoxy) is 1. The maximum absolute atomic E-state index is 8.89. The first-order valence-electron chi connectivity index (χ1n) is 6.93. The number of benzene rings is 2. The van der Waals surface area contributed by atoms with Crippen LogP contribution in [0.25, 0.3) is 0 Å². The molecule has 2 aromatic carbocycles. The predicted molar refractivity (Wildman–Crippen MR) is 83.9 cm³/mol. The maximum Gasteiger partial charge on any atom is 0.119 e. The van der Waals surface area contributed by atoms with Gasteiger partial charge in [-0.1, -0.05) is 42.2 Å². The summed E-state index contributed by atoms with van der Waals surface area (Å²) in [5.74, 6) is 6.72. The largest absolute Gasteiger partial charge is 0.489 e. The van der Waals surface area contributed by atoms with Gasteiger partial charge in [0.2, 0.25) is 0 Å². The maximum atomic E-state index is 8.89. The van der Waals surface area contributed by atoms with E-state index in [1.54, 1.807) is 0 Å². The van der Waals surface area contributed by atoms with Gasteiger partial charge in [0.25, 0.3) is 0 Å². The third kappa shape index (κ3) is 4.64. The molecule has 0 bridgehead atoms. The Kier molecular flexibility index (Phi) is 5.83. The molecule has 0 radical (unpaired) electrons. The fourth-order valence-corrected chi connectivity index (χ4v) is 1.96. The molecule has 0 aromatic heterocycles. The third-order valence-corrected chi connectivity index (χ3v) is 3.06. The quantitative estimate of drug-likeness (QED) is 0.825. The van der Waals surface area contributed by atoms with Crippen LogP contribution in [-0.4, -0.2) is 18.3 Å². The van der Waals surface area contributed by atoms with Crippen LogP contribution in [-0.2, 0) is 13.0 Å². The van der Waals surface area contributed by atoms with Gasteiger partial charge in [-0.15, -0.1) is 0 Å². The lowest BCUT2D eigenvalue weighted by molar-refractivity contribution is 0.298. The monoisotopic (exact) mass is 281 g/mol. The first-order chi connectivity index (χ1) is 10.3. The summed E-state index contributed by atoms with van der Waals surface area (Å²) in [4.78, 5) is 0. The highest BCUT2D eigenvalue weighted by atomic mass is 16.5. The summed E-state index contributed by atoms with van der Waals surface area (Å²) in [5.41, 5.74) is 8.49. The van der Waals surface area contributed by atoms with E-state index in [0.717, 1.165) is 22.4 Å². The number of aliphatic hydroxyl groups is 1. The summed E-state index contributed by atoms with van der Waals surface area (Å²) in [5, 5.41) is 8.89. The van der Waals surface area contributed by atoms with Gasteiger partial charge in [-0.05, 0) is 30.2 Å². The minimum atomic E-state index is 0.160. The molecule has 21 heavy (non-hydrogen) atoms. The standard InChI is InChI=1S/C18H19NO2/c19-12-3-6-16-4-1-2-5-17(16)14-21-18-9-7-15(8-10-18)11-13-20/h1-2,4-5,7-10,20H,11-14,19H2. The summed E-state index contributed by atoms with van der Waals surface area (Å²) in [7, 11) is 0. The van der Waals surface area contributed by atoms with Gasteiger partial charge < -0.3 is 15.6 Å². The first-order valence-corrected chi connectivity index (χ1v) is 6.93. The second kappa shape index (κ2) is 8.11. The van der Waals surface area contributed by atoms with Crippen molar-refractivity contribution < 1.29 is 9.84 Å². The van der Waals surface area contributed by atoms with Crippen LogP contribution in [0.15, 0.2) is 48.5 Å². The smallest absolute Gasteiger partial charge is 0.119 e. The Morgan fingerprint density at radius 2 is 1.81 bits per heavy atom. The van der Waals surface area contributed by atoms with Crippen LogP contribution in [0.3, 0.4) is 0 Å². The highest BCUT2D eigenvalue weighted by Gasteiger charge is 2.01. The molecule has 0 unspecified atom stereocenters. The molecule has 0 saturated carbocycles. The first kappa shape index (κ1) is 15.1. The SMILES string of the molecule is NCC#Cc1ccccc1COc1ccc(CCO)cc1. The Balaban J connectivity index is 2.02. The molecule has 0 aliphatic rings. The van der Waals surface area contributed by atoms with Crippen LogP contribution in [0.5, 0.6) is 5.75 Å². The highest BCUT2D eigenvalue weighted by molar-refractivity contribution is 5.41. The van der Waals surface area contributed by atoms with E-state index >= 15 is 0 Å². The fourth-order valence-electron chi connectivity index (χ4n) is 1.96. The molecule has 0 aliphatic heterocycles. The van der Waals surface area contributed by atoms with E-state index in [9.17, 15) is 0 Å². The van der Waals surface area contributed by atoms with Gasteiger partial charge in [-0.3, -0.25) is 0 Å². The summed E-state index contributed by atoms with van der Waals surface area (Å²) in [6.45, 7) is 0.976. The van der Waals surface area contributed by atoms with Crippen LogP contribution < -0.4 is 10.5 Å². The van der Waals surface area contributed by atoms with Crippen molar-refractivity contribution in [3.63, 3.8) is 0 Å².